The lowest BCUT2D eigenvalue weighted by molar-refractivity contribution is 0.304. The van der Waals surface area contributed by atoms with Gasteiger partial charge in [-0.15, -0.1) is 11.3 Å². The molecular formula is C26H34NO2PS. The summed E-state index contributed by atoms with van der Waals surface area (Å²) >= 11 is 1.84. The van der Waals surface area contributed by atoms with E-state index in [1.54, 1.807) is 0 Å². The molecule has 0 saturated carbocycles. The van der Waals surface area contributed by atoms with Gasteiger partial charge < -0.3 is 14.9 Å². The van der Waals surface area contributed by atoms with Crippen LogP contribution in [0.5, 0.6) is 5.75 Å². The average Bonchev–Trinajstić information content (AvgIpc) is 3.31. The first-order valence-electron chi connectivity index (χ1n) is 11.1. The van der Waals surface area contributed by atoms with Gasteiger partial charge in [-0.1, -0.05) is 36.4 Å². The van der Waals surface area contributed by atoms with E-state index in [1.165, 1.54) is 27.1 Å². The van der Waals surface area contributed by atoms with E-state index in [-0.39, 0.29) is 8.81 Å². The molecule has 2 N–H and O–H groups in total. The maximum absolute atomic E-state index is 8.85. The molecule has 3 nitrogen and oxygen atoms in total. The molecule has 0 fully saturated rings. The fourth-order valence-electron chi connectivity index (χ4n) is 3.65. The molecule has 0 saturated heterocycles. The minimum absolute atomic E-state index is 0.0591. The van der Waals surface area contributed by atoms with Crippen molar-refractivity contribution in [3.63, 3.8) is 0 Å². The Hall–Kier alpha value is -1.71. The lowest BCUT2D eigenvalue weighted by Gasteiger charge is -2.18. The van der Waals surface area contributed by atoms with Crippen molar-refractivity contribution in [2.75, 3.05) is 19.3 Å². The predicted octanol–water partition coefficient (Wildman–Crippen LogP) is 6.42. The Bertz CT molecular complexity index is 896. The summed E-state index contributed by atoms with van der Waals surface area (Å²) < 4.78 is 6.02. The van der Waals surface area contributed by atoms with Crippen molar-refractivity contribution in [3.8, 4) is 5.75 Å². The molecule has 0 aliphatic heterocycles. The molecule has 0 aliphatic rings. The number of nitrogens with one attached hydrogen (secondary N) is 1. The van der Waals surface area contributed by atoms with E-state index in [0.717, 1.165) is 50.9 Å². The summed E-state index contributed by atoms with van der Waals surface area (Å²) in [6.45, 7) is 6.89. The number of thiophene rings is 1. The fraction of sp³-hybridized carbons (Fsp3) is 0.385. The van der Waals surface area contributed by atoms with Gasteiger partial charge in [0.2, 0.25) is 0 Å². The maximum Gasteiger partial charge on any atom is 0.119 e. The van der Waals surface area contributed by atoms with Crippen LogP contribution in [0.25, 0.3) is 0 Å². The Morgan fingerprint density at radius 2 is 1.87 bits per heavy atom. The van der Waals surface area contributed by atoms with Gasteiger partial charge in [0, 0.05) is 26.1 Å². The first-order valence-corrected chi connectivity index (χ1v) is 13.1. The lowest BCUT2D eigenvalue weighted by atomic mass is 9.90. The topological polar surface area (TPSA) is 41.5 Å². The molecular weight excluding hydrogens is 421 g/mol. The molecule has 0 amide bonds. The minimum atomic E-state index is 0.0591. The Morgan fingerprint density at radius 3 is 2.58 bits per heavy atom. The first kappa shape index (κ1) is 23.9. The summed E-state index contributed by atoms with van der Waals surface area (Å²) in [4.78, 5) is 10.3. The van der Waals surface area contributed by atoms with Crippen LogP contribution in [0.4, 0.5) is 0 Å². The van der Waals surface area contributed by atoms with Crippen molar-refractivity contribution in [1.82, 2.24) is 5.32 Å². The van der Waals surface area contributed by atoms with Crippen LogP contribution in [0.1, 0.15) is 52.3 Å². The summed E-state index contributed by atoms with van der Waals surface area (Å²) in [5.41, 5.74) is 5.37. The molecule has 166 valence electrons. The van der Waals surface area contributed by atoms with Crippen molar-refractivity contribution < 1.29 is 9.63 Å². The number of hydrogen-bond donors (Lipinski definition) is 2. The predicted molar refractivity (Wildman–Crippen MR) is 135 cm³/mol. The molecule has 5 heteroatoms. The van der Waals surface area contributed by atoms with Crippen LogP contribution in [0.3, 0.4) is 0 Å². The van der Waals surface area contributed by atoms with Crippen molar-refractivity contribution >= 4 is 20.1 Å². The van der Waals surface area contributed by atoms with Crippen LogP contribution in [0.15, 0.2) is 60.0 Å². The normalized spacial score (nSPS) is 12.5. The second-order valence-corrected chi connectivity index (χ2v) is 9.78. The van der Waals surface area contributed by atoms with Crippen LogP contribution in [0.2, 0.25) is 0 Å². The Morgan fingerprint density at radius 1 is 1.03 bits per heavy atom. The maximum atomic E-state index is 8.85. The van der Waals surface area contributed by atoms with E-state index in [4.69, 9.17) is 9.63 Å². The third-order valence-corrected chi connectivity index (χ3v) is 7.18. The third-order valence-electron chi connectivity index (χ3n) is 5.62. The summed E-state index contributed by atoms with van der Waals surface area (Å²) in [6, 6.07) is 19.6. The Kier molecular flexibility index (Phi) is 10.0. The van der Waals surface area contributed by atoms with Gasteiger partial charge in [0.25, 0.3) is 0 Å². The van der Waals surface area contributed by atoms with Crippen LogP contribution < -0.4 is 10.1 Å². The van der Waals surface area contributed by atoms with Crippen LogP contribution in [-0.4, -0.2) is 24.2 Å². The minimum Gasteiger partial charge on any atom is -0.494 e. The molecule has 31 heavy (non-hydrogen) atoms. The molecule has 3 aromatic rings. The second-order valence-electron chi connectivity index (χ2n) is 7.98. The smallest absolute Gasteiger partial charge is 0.119 e. The molecule has 2 unspecified atom stereocenters. The summed E-state index contributed by atoms with van der Waals surface area (Å²) in [5.74, 6) is 1.37. The van der Waals surface area contributed by atoms with Crippen molar-refractivity contribution in [3.05, 3.63) is 87.1 Å². The number of ether oxygens (including phenoxy) is 1. The number of rotatable bonds is 13. The first-order chi connectivity index (χ1) is 15.2. The summed E-state index contributed by atoms with van der Waals surface area (Å²) in [6.07, 6.45) is 4.01. The lowest BCUT2D eigenvalue weighted by Crippen LogP contribution is -2.15. The van der Waals surface area contributed by atoms with E-state index in [9.17, 15) is 0 Å². The molecule has 0 bridgehead atoms. The highest BCUT2D eigenvalue weighted by molar-refractivity contribution is 7.31. The highest BCUT2D eigenvalue weighted by Crippen LogP contribution is 2.33. The van der Waals surface area contributed by atoms with Gasteiger partial charge >= 0.3 is 0 Å². The summed E-state index contributed by atoms with van der Waals surface area (Å²) in [5, 5.41) is 5.58. The zero-order chi connectivity index (χ0) is 21.9. The zero-order valence-electron chi connectivity index (χ0n) is 18.6. The molecule has 0 radical (unpaired) electrons. The highest BCUT2D eigenvalue weighted by Gasteiger charge is 2.16. The number of aryl methyl sites for hydroxylation is 2. The number of benzene rings is 2. The second kappa shape index (κ2) is 13.0. The number of hydrogen-bond acceptors (Lipinski definition) is 4. The average molecular weight is 456 g/mol. The molecule has 2 atom stereocenters. The van der Waals surface area contributed by atoms with Gasteiger partial charge in [-0.3, -0.25) is 0 Å². The standard InChI is InChI=1S/C26H34NO2PS/c1-20-8-11-23(18-21(20)2)25(26-7-4-17-31-26)6-3-15-29-24-12-9-22(10-13-24)19-27-14-5-16-30-28/h4,7-13,17-18,25,27-28,30H,3,5-6,14-16,19H2,1-2H3. The van der Waals surface area contributed by atoms with E-state index < -0.39 is 0 Å². The van der Waals surface area contributed by atoms with Crippen LogP contribution in [0, 0.1) is 13.8 Å². The van der Waals surface area contributed by atoms with Crippen LogP contribution >= 0.6 is 20.1 Å². The SMILES string of the molecule is Cc1ccc(C(CCCOc2ccc(CNCCCPO)cc2)c2cccs2)cc1C. The van der Waals surface area contributed by atoms with Gasteiger partial charge in [0.15, 0.2) is 0 Å². The van der Waals surface area contributed by atoms with Gasteiger partial charge in [0.1, 0.15) is 5.75 Å². The fourth-order valence-corrected chi connectivity index (χ4v) is 4.87. The van der Waals surface area contributed by atoms with Crippen molar-refractivity contribution in [1.29, 1.82) is 0 Å². The molecule has 3 rings (SSSR count). The molecule has 1 aromatic heterocycles. The Labute approximate surface area is 192 Å². The summed E-state index contributed by atoms with van der Waals surface area (Å²) in [7, 11) is 0.0591. The van der Waals surface area contributed by atoms with E-state index in [1.807, 2.05) is 11.3 Å². The largest absolute Gasteiger partial charge is 0.494 e. The quantitative estimate of drug-likeness (QED) is 0.231. The Balaban J connectivity index is 1.47. The van der Waals surface area contributed by atoms with Gasteiger partial charge in [-0.25, -0.2) is 0 Å². The highest BCUT2D eigenvalue weighted by atomic mass is 32.1. The van der Waals surface area contributed by atoms with E-state index in [0.29, 0.717) is 5.92 Å². The molecule has 2 aromatic carbocycles. The molecule has 0 aliphatic carbocycles. The van der Waals surface area contributed by atoms with Gasteiger partial charge in [-0.05, 0) is 91.6 Å². The van der Waals surface area contributed by atoms with Gasteiger partial charge in [0.05, 0.1) is 6.61 Å². The van der Waals surface area contributed by atoms with E-state index >= 15 is 0 Å². The zero-order valence-corrected chi connectivity index (χ0v) is 20.4. The van der Waals surface area contributed by atoms with Gasteiger partial charge in [-0.2, -0.15) is 0 Å². The van der Waals surface area contributed by atoms with Crippen molar-refractivity contribution in [2.24, 2.45) is 0 Å². The molecule has 1 heterocycles. The van der Waals surface area contributed by atoms with Crippen molar-refractivity contribution in [2.45, 2.75) is 45.6 Å². The van der Waals surface area contributed by atoms with E-state index in [2.05, 4.69) is 79.1 Å². The van der Waals surface area contributed by atoms with Crippen LogP contribution in [-0.2, 0) is 6.54 Å². The monoisotopic (exact) mass is 455 g/mol. The third kappa shape index (κ3) is 7.73. The molecule has 0 spiro atoms.